The highest BCUT2D eigenvalue weighted by molar-refractivity contribution is 5.92. The van der Waals surface area contributed by atoms with Crippen LogP contribution in [0.25, 0.3) is 0 Å². The van der Waals surface area contributed by atoms with Crippen LogP contribution in [0.3, 0.4) is 0 Å². The van der Waals surface area contributed by atoms with Crippen LogP contribution in [0.15, 0.2) is 18.2 Å². The quantitative estimate of drug-likeness (QED) is 0.835. The smallest absolute Gasteiger partial charge is 0.341 e. The molecule has 1 aromatic carbocycles. The van der Waals surface area contributed by atoms with Gasteiger partial charge in [0.25, 0.3) is 0 Å². The highest BCUT2D eigenvalue weighted by Crippen LogP contribution is 2.28. The maximum absolute atomic E-state index is 11.6. The summed E-state index contributed by atoms with van der Waals surface area (Å²) in [7, 11) is 2.94. The average molecular weight is 249 g/mol. The Morgan fingerprint density at radius 3 is 2.78 bits per heavy atom. The van der Waals surface area contributed by atoms with Crippen LogP contribution in [0, 0.1) is 0 Å². The molecule has 1 atom stereocenters. The first-order valence-electron chi connectivity index (χ1n) is 6.26. The molecule has 4 nitrogen and oxygen atoms in total. The molecule has 2 rings (SSSR count). The van der Waals surface area contributed by atoms with E-state index in [-0.39, 0.29) is 5.97 Å². The highest BCUT2D eigenvalue weighted by atomic mass is 16.5. The van der Waals surface area contributed by atoms with E-state index >= 15 is 0 Å². The van der Waals surface area contributed by atoms with E-state index in [0.717, 1.165) is 13.0 Å². The van der Waals surface area contributed by atoms with Gasteiger partial charge in [0.2, 0.25) is 0 Å². The van der Waals surface area contributed by atoms with E-state index < -0.39 is 0 Å². The number of hydrogen-bond acceptors (Lipinski definition) is 4. The van der Waals surface area contributed by atoms with Crippen molar-refractivity contribution in [1.82, 2.24) is 5.32 Å². The van der Waals surface area contributed by atoms with Gasteiger partial charge in [0.15, 0.2) is 0 Å². The second-order valence-corrected chi connectivity index (χ2v) is 4.45. The Morgan fingerprint density at radius 2 is 2.17 bits per heavy atom. The molecule has 0 spiro atoms. The molecule has 1 heterocycles. The summed E-state index contributed by atoms with van der Waals surface area (Å²) >= 11 is 0. The molecule has 0 saturated carbocycles. The summed E-state index contributed by atoms with van der Waals surface area (Å²) in [5, 5.41) is 3.48. The second kappa shape index (κ2) is 5.87. The maximum Gasteiger partial charge on any atom is 0.341 e. The third-order valence-electron chi connectivity index (χ3n) is 3.34. The maximum atomic E-state index is 11.6. The number of rotatable bonds is 3. The van der Waals surface area contributed by atoms with Gasteiger partial charge in [0, 0.05) is 6.04 Å². The fourth-order valence-electron chi connectivity index (χ4n) is 2.34. The predicted octanol–water partition coefficient (Wildman–Crippen LogP) is 2.30. The molecule has 1 aromatic rings. The molecule has 1 fully saturated rings. The van der Waals surface area contributed by atoms with Crippen LogP contribution in [0.1, 0.15) is 41.2 Å². The number of methoxy groups -OCH3 is 2. The molecule has 0 aromatic heterocycles. The molecule has 0 unspecified atom stereocenters. The first-order valence-corrected chi connectivity index (χ1v) is 6.26. The minimum atomic E-state index is -0.366. The standard InChI is InChI=1S/C14H19NO3/c1-17-13-9-10(12-5-3-4-8-15-12)6-7-11(13)14(16)18-2/h6-7,9,12,15H,3-5,8H2,1-2H3/t12-/m1/s1. The van der Waals surface area contributed by atoms with Gasteiger partial charge in [0.1, 0.15) is 11.3 Å². The second-order valence-electron chi connectivity index (χ2n) is 4.45. The van der Waals surface area contributed by atoms with E-state index in [4.69, 9.17) is 9.47 Å². The highest BCUT2D eigenvalue weighted by Gasteiger charge is 2.18. The van der Waals surface area contributed by atoms with Crippen LogP contribution in [-0.4, -0.2) is 26.7 Å². The lowest BCUT2D eigenvalue weighted by Crippen LogP contribution is -2.26. The fraction of sp³-hybridized carbons (Fsp3) is 0.500. The molecule has 1 saturated heterocycles. The molecule has 4 heteroatoms. The van der Waals surface area contributed by atoms with Crippen molar-refractivity contribution in [3.63, 3.8) is 0 Å². The van der Waals surface area contributed by atoms with Gasteiger partial charge in [-0.3, -0.25) is 0 Å². The lowest BCUT2D eigenvalue weighted by molar-refractivity contribution is 0.0597. The first-order chi connectivity index (χ1) is 8.76. The van der Waals surface area contributed by atoms with Gasteiger partial charge in [-0.1, -0.05) is 12.5 Å². The number of piperidine rings is 1. The molecule has 0 bridgehead atoms. The van der Waals surface area contributed by atoms with Crippen LogP contribution in [-0.2, 0) is 4.74 Å². The van der Waals surface area contributed by atoms with Gasteiger partial charge in [-0.05, 0) is 37.1 Å². The molecule has 1 N–H and O–H groups in total. The number of esters is 1. The Kier molecular flexibility index (Phi) is 4.20. The van der Waals surface area contributed by atoms with Gasteiger partial charge in [-0.25, -0.2) is 4.79 Å². The Labute approximate surface area is 107 Å². The average Bonchev–Trinajstić information content (AvgIpc) is 2.46. The summed E-state index contributed by atoms with van der Waals surface area (Å²) in [4.78, 5) is 11.6. The van der Waals surface area contributed by atoms with Crippen molar-refractivity contribution in [3.8, 4) is 5.75 Å². The fourth-order valence-corrected chi connectivity index (χ4v) is 2.34. The first kappa shape index (κ1) is 12.9. The zero-order valence-corrected chi connectivity index (χ0v) is 10.9. The number of ether oxygens (including phenoxy) is 2. The Balaban J connectivity index is 2.26. The van der Waals surface area contributed by atoms with Crippen molar-refractivity contribution >= 4 is 5.97 Å². The molecule has 1 aliphatic rings. The molecular formula is C14H19NO3. The van der Waals surface area contributed by atoms with Gasteiger partial charge >= 0.3 is 5.97 Å². The van der Waals surface area contributed by atoms with Crippen LogP contribution in [0.2, 0.25) is 0 Å². The van der Waals surface area contributed by atoms with Crippen molar-refractivity contribution in [1.29, 1.82) is 0 Å². The van der Waals surface area contributed by atoms with Crippen LogP contribution >= 0.6 is 0 Å². The Hall–Kier alpha value is -1.55. The summed E-state index contributed by atoms with van der Waals surface area (Å²) in [6.07, 6.45) is 3.59. The van der Waals surface area contributed by atoms with Crippen molar-refractivity contribution in [2.24, 2.45) is 0 Å². The van der Waals surface area contributed by atoms with Gasteiger partial charge < -0.3 is 14.8 Å². The zero-order chi connectivity index (χ0) is 13.0. The SMILES string of the molecule is COC(=O)c1ccc([C@H]2CCCCN2)cc1OC. The van der Waals surface area contributed by atoms with E-state index in [2.05, 4.69) is 5.32 Å². The topological polar surface area (TPSA) is 47.6 Å². The normalized spacial score (nSPS) is 19.3. The lowest BCUT2D eigenvalue weighted by Gasteiger charge is -2.24. The van der Waals surface area contributed by atoms with E-state index in [1.807, 2.05) is 12.1 Å². The zero-order valence-electron chi connectivity index (χ0n) is 10.9. The molecule has 0 amide bonds. The van der Waals surface area contributed by atoms with Crippen molar-refractivity contribution < 1.29 is 14.3 Å². The molecule has 98 valence electrons. The van der Waals surface area contributed by atoms with E-state index in [1.54, 1.807) is 13.2 Å². The van der Waals surface area contributed by atoms with E-state index in [1.165, 1.54) is 25.5 Å². The van der Waals surface area contributed by atoms with Crippen molar-refractivity contribution in [3.05, 3.63) is 29.3 Å². The van der Waals surface area contributed by atoms with Gasteiger partial charge in [-0.15, -0.1) is 0 Å². The number of carbonyl (C=O) groups excluding carboxylic acids is 1. The summed E-state index contributed by atoms with van der Waals surface area (Å²) in [5.41, 5.74) is 1.64. The number of benzene rings is 1. The van der Waals surface area contributed by atoms with Gasteiger partial charge in [0.05, 0.1) is 14.2 Å². The summed E-state index contributed by atoms with van der Waals surface area (Å²) in [6, 6.07) is 6.03. The number of hydrogen-bond donors (Lipinski definition) is 1. The van der Waals surface area contributed by atoms with Crippen LogP contribution in [0.4, 0.5) is 0 Å². The Morgan fingerprint density at radius 1 is 1.33 bits per heavy atom. The van der Waals surface area contributed by atoms with E-state index in [9.17, 15) is 4.79 Å². The largest absolute Gasteiger partial charge is 0.496 e. The Bertz CT molecular complexity index is 425. The lowest BCUT2D eigenvalue weighted by atomic mass is 9.96. The summed E-state index contributed by atoms with van der Waals surface area (Å²) in [6.45, 7) is 1.05. The minimum Gasteiger partial charge on any atom is -0.496 e. The monoisotopic (exact) mass is 249 g/mol. The third kappa shape index (κ3) is 2.64. The molecule has 0 aliphatic carbocycles. The predicted molar refractivity (Wildman–Crippen MR) is 68.9 cm³/mol. The molecular weight excluding hydrogens is 230 g/mol. The molecule has 0 radical (unpaired) electrons. The van der Waals surface area contributed by atoms with Crippen molar-refractivity contribution in [2.75, 3.05) is 20.8 Å². The molecule has 1 aliphatic heterocycles. The summed E-state index contributed by atoms with van der Waals surface area (Å²) in [5.74, 6) is 0.210. The van der Waals surface area contributed by atoms with E-state index in [0.29, 0.717) is 17.4 Å². The summed E-state index contributed by atoms with van der Waals surface area (Å²) < 4.78 is 10.0. The molecule has 18 heavy (non-hydrogen) atoms. The van der Waals surface area contributed by atoms with Crippen molar-refractivity contribution in [2.45, 2.75) is 25.3 Å². The number of nitrogens with one attached hydrogen (secondary N) is 1. The minimum absolute atomic E-state index is 0.361. The third-order valence-corrected chi connectivity index (χ3v) is 3.34. The number of carbonyl (C=O) groups is 1. The van der Waals surface area contributed by atoms with Crippen LogP contribution in [0.5, 0.6) is 5.75 Å². The van der Waals surface area contributed by atoms with Crippen LogP contribution < -0.4 is 10.1 Å². The van der Waals surface area contributed by atoms with Gasteiger partial charge in [-0.2, -0.15) is 0 Å².